The second-order valence-corrected chi connectivity index (χ2v) is 6.17. The smallest absolute Gasteiger partial charge is 0.237 e. The van der Waals surface area contributed by atoms with Gasteiger partial charge in [0.2, 0.25) is 5.91 Å². The molecule has 1 amide bonds. The first-order valence-corrected chi connectivity index (χ1v) is 8.89. The number of nitrogens with zero attached hydrogens (tertiary/aromatic N) is 1. The largest absolute Gasteiger partial charge is 0.497 e. The lowest BCUT2D eigenvalue weighted by atomic mass is 9.99. The molecule has 0 aromatic heterocycles. The van der Waals surface area contributed by atoms with E-state index in [4.69, 9.17) is 10.5 Å². The molecule has 1 rings (SSSR count). The van der Waals surface area contributed by atoms with Gasteiger partial charge in [0.15, 0.2) is 0 Å². The maximum absolute atomic E-state index is 12.3. The minimum Gasteiger partial charge on any atom is -0.497 e. The highest BCUT2D eigenvalue weighted by Crippen LogP contribution is 2.24. The molecule has 0 spiro atoms. The Labute approximate surface area is 158 Å². The molecule has 0 radical (unpaired) electrons. The van der Waals surface area contributed by atoms with Crippen LogP contribution in [0.3, 0.4) is 0 Å². The molecule has 3 N–H and O–H groups in total. The summed E-state index contributed by atoms with van der Waals surface area (Å²) in [7, 11) is 1.67. The van der Waals surface area contributed by atoms with Crippen LogP contribution in [0.4, 0.5) is 0 Å². The normalized spacial score (nSPS) is 14.4. The van der Waals surface area contributed by atoms with E-state index in [1.807, 2.05) is 32.0 Å². The summed E-state index contributed by atoms with van der Waals surface area (Å²) in [5.74, 6) is 0.922. The Bertz CT molecular complexity index is 509. The van der Waals surface area contributed by atoms with E-state index in [0.717, 1.165) is 30.8 Å². The number of halogens is 1. The predicted octanol–water partition coefficient (Wildman–Crippen LogP) is 2.99. The molecule has 1 aromatic rings. The van der Waals surface area contributed by atoms with Crippen molar-refractivity contribution in [1.82, 2.24) is 10.2 Å². The fourth-order valence-corrected chi connectivity index (χ4v) is 2.80. The van der Waals surface area contributed by atoms with E-state index in [9.17, 15) is 4.79 Å². The number of methoxy groups -OCH3 is 1. The molecule has 0 aliphatic heterocycles. The topological polar surface area (TPSA) is 67.6 Å². The predicted molar refractivity (Wildman–Crippen MR) is 106 cm³/mol. The summed E-state index contributed by atoms with van der Waals surface area (Å²) in [5.41, 5.74) is 7.17. The van der Waals surface area contributed by atoms with Crippen molar-refractivity contribution in [2.24, 2.45) is 11.7 Å². The van der Waals surface area contributed by atoms with Crippen LogP contribution in [-0.2, 0) is 4.79 Å². The Morgan fingerprint density at radius 2 is 1.92 bits per heavy atom. The number of nitrogens with two attached hydrogens (primary N) is 1. The van der Waals surface area contributed by atoms with Gasteiger partial charge in [-0.1, -0.05) is 46.2 Å². The van der Waals surface area contributed by atoms with Gasteiger partial charge in [0.05, 0.1) is 19.2 Å². The highest BCUT2D eigenvalue weighted by molar-refractivity contribution is 5.85. The molecule has 0 aliphatic carbocycles. The number of nitrogens with one attached hydrogen (secondary N) is 1. The fourth-order valence-electron chi connectivity index (χ4n) is 2.80. The van der Waals surface area contributed by atoms with Crippen molar-refractivity contribution in [2.45, 2.75) is 46.2 Å². The summed E-state index contributed by atoms with van der Waals surface area (Å²) < 4.78 is 5.34. The van der Waals surface area contributed by atoms with Gasteiger partial charge in [0, 0.05) is 6.54 Å². The molecule has 3 unspecified atom stereocenters. The molecule has 5 nitrogen and oxygen atoms in total. The minimum atomic E-state index is -0.460. The van der Waals surface area contributed by atoms with Gasteiger partial charge in [-0.15, -0.1) is 12.4 Å². The van der Waals surface area contributed by atoms with Crippen LogP contribution in [0.2, 0.25) is 0 Å². The Balaban J connectivity index is 0.00000576. The summed E-state index contributed by atoms with van der Waals surface area (Å²) >= 11 is 0. The second-order valence-electron chi connectivity index (χ2n) is 6.17. The number of rotatable bonds is 10. The molecule has 25 heavy (non-hydrogen) atoms. The molecule has 1 aromatic carbocycles. The molecule has 0 fully saturated rings. The number of hydrogen-bond donors (Lipinski definition) is 2. The van der Waals surface area contributed by atoms with E-state index in [1.165, 1.54) is 0 Å². The fraction of sp³-hybridized carbons (Fsp3) is 0.632. The van der Waals surface area contributed by atoms with E-state index in [0.29, 0.717) is 6.54 Å². The molecule has 0 saturated carbocycles. The Hall–Kier alpha value is -1.30. The van der Waals surface area contributed by atoms with E-state index >= 15 is 0 Å². The number of likely N-dealkylation sites (N-methyl/N-ethyl adjacent to an activating group) is 1. The molecular weight excluding hydrogens is 338 g/mol. The van der Waals surface area contributed by atoms with E-state index < -0.39 is 6.04 Å². The lowest BCUT2D eigenvalue weighted by Gasteiger charge is -2.31. The van der Waals surface area contributed by atoms with E-state index in [1.54, 1.807) is 7.11 Å². The summed E-state index contributed by atoms with van der Waals surface area (Å²) in [5, 5.41) is 3.04. The SMILES string of the molecule is CCC(C)C(N)C(=O)NCC(c1cccc(OC)c1)N(CC)CC.Cl. The van der Waals surface area contributed by atoms with Gasteiger partial charge in [0.25, 0.3) is 0 Å². The summed E-state index contributed by atoms with van der Waals surface area (Å²) in [6.45, 7) is 10.7. The third-order valence-corrected chi connectivity index (χ3v) is 4.76. The second kappa shape index (κ2) is 12.1. The zero-order valence-electron chi connectivity index (χ0n) is 16.1. The standard InChI is InChI=1S/C19H33N3O2.ClH/c1-6-14(4)18(20)19(23)21-13-17(22(7-2)8-3)15-10-9-11-16(12-15)24-5;/h9-12,14,17-18H,6-8,13,20H2,1-5H3,(H,21,23);1H. The number of amides is 1. The van der Waals surface area contributed by atoms with Crippen molar-refractivity contribution in [3.63, 3.8) is 0 Å². The van der Waals surface area contributed by atoms with Crippen molar-refractivity contribution < 1.29 is 9.53 Å². The van der Waals surface area contributed by atoms with Crippen molar-refractivity contribution in [3.05, 3.63) is 29.8 Å². The number of carbonyl (C=O) groups excluding carboxylic acids is 1. The van der Waals surface area contributed by atoms with Crippen LogP contribution >= 0.6 is 12.4 Å². The van der Waals surface area contributed by atoms with Crippen LogP contribution in [0.1, 0.15) is 45.7 Å². The minimum absolute atomic E-state index is 0. The number of ether oxygens (including phenoxy) is 1. The van der Waals surface area contributed by atoms with E-state index in [-0.39, 0.29) is 30.3 Å². The molecule has 0 heterocycles. The zero-order chi connectivity index (χ0) is 18.1. The van der Waals surface area contributed by atoms with Crippen LogP contribution in [0, 0.1) is 5.92 Å². The van der Waals surface area contributed by atoms with Gasteiger partial charge in [0.1, 0.15) is 5.75 Å². The van der Waals surface area contributed by atoms with Crippen LogP contribution in [0.5, 0.6) is 5.75 Å². The highest BCUT2D eigenvalue weighted by Gasteiger charge is 2.23. The Kier molecular flexibility index (Phi) is 11.5. The summed E-state index contributed by atoms with van der Waals surface area (Å²) in [6.07, 6.45) is 0.893. The quantitative estimate of drug-likeness (QED) is 0.663. The van der Waals surface area contributed by atoms with Gasteiger partial charge in [-0.3, -0.25) is 9.69 Å². The third kappa shape index (κ3) is 6.84. The van der Waals surface area contributed by atoms with Gasteiger partial charge in [-0.25, -0.2) is 0 Å². The van der Waals surface area contributed by atoms with Gasteiger partial charge >= 0.3 is 0 Å². The maximum atomic E-state index is 12.3. The number of benzene rings is 1. The van der Waals surface area contributed by atoms with Crippen molar-refractivity contribution in [3.8, 4) is 5.75 Å². The molecule has 0 bridgehead atoms. The Morgan fingerprint density at radius 3 is 2.44 bits per heavy atom. The van der Waals surface area contributed by atoms with Crippen LogP contribution in [0.25, 0.3) is 0 Å². The lowest BCUT2D eigenvalue weighted by Crippen LogP contribution is -2.47. The van der Waals surface area contributed by atoms with Crippen molar-refractivity contribution in [2.75, 3.05) is 26.7 Å². The first-order valence-electron chi connectivity index (χ1n) is 8.89. The first-order chi connectivity index (χ1) is 11.5. The highest BCUT2D eigenvalue weighted by atomic mass is 35.5. The van der Waals surface area contributed by atoms with Crippen LogP contribution in [0.15, 0.2) is 24.3 Å². The van der Waals surface area contributed by atoms with Crippen LogP contribution < -0.4 is 15.8 Å². The monoisotopic (exact) mass is 371 g/mol. The van der Waals surface area contributed by atoms with Crippen molar-refractivity contribution in [1.29, 1.82) is 0 Å². The van der Waals surface area contributed by atoms with E-state index in [2.05, 4.69) is 30.1 Å². The average Bonchev–Trinajstić information content (AvgIpc) is 2.63. The van der Waals surface area contributed by atoms with Crippen molar-refractivity contribution >= 4 is 18.3 Å². The molecule has 0 saturated heterocycles. The first kappa shape index (κ1) is 23.7. The third-order valence-electron chi connectivity index (χ3n) is 4.76. The molecule has 0 aliphatic rings. The maximum Gasteiger partial charge on any atom is 0.237 e. The summed E-state index contributed by atoms with van der Waals surface area (Å²) in [6, 6.07) is 7.66. The van der Waals surface area contributed by atoms with Gasteiger partial charge < -0.3 is 15.8 Å². The average molecular weight is 372 g/mol. The van der Waals surface area contributed by atoms with Crippen LogP contribution in [-0.4, -0.2) is 43.6 Å². The molecule has 3 atom stereocenters. The molecular formula is C19H34ClN3O2. The van der Waals surface area contributed by atoms with Gasteiger partial charge in [-0.2, -0.15) is 0 Å². The molecule has 144 valence electrons. The zero-order valence-corrected chi connectivity index (χ0v) is 16.9. The Morgan fingerprint density at radius 1 is 1.28 bits per heavy atom. The lowest BCUT2D eigenvalue weighted by molar-refractivity contribution is -0.123. The molecule has 6 heteroatoms. The van der Waals surface area contributed by atoms with Gasteiger partial charge in [-0.05, 0) is 36.7 Å². The number of carbonyl (C=O) groups is 1. The summed E-state index contributed by atoms with van der Waals surface area (Å²) in [4.78, 5) is 14.6. The number of hydrogen-bond acceptors (Lipinski definition) is 4.